The zero-order chi connectivity index (χ0) is 38.3. The third kappa shape index (κ3) is 8.31. The highest BCUT2D eigenvalue weighted by Crippen LogP contribution is 2.53. The van der Waals surface area contributed by atoms with Gasteiger partial charge in [-0.1, -0.05) is 83.5 Å². The molecule has 10 aliphatic rings. The fourth-order valence-electron chi connectivity index (χ4n) is 17.1. The number of ether oxygens (including phenoxy) is 1. The topological polar surface area (TPSA) is 49.9 Å². The van der Waals surface area contributed by atoms with Crippen LogP contribution in [0.4, 0.5) is 0 Å². The van der Waals surface area contributed by atoms with Gasteiger partial charge in [0, 0.05) is 60.4 Å². The Morgan fingerprint density at radius 2 is 0.860 bits per heavy atom. The minimum atomic E-state index is 0.0566. The Bertz CT molecular complexity index is 1290. The molecule has 2 aliphatic heterocycles. The van der Waals surface area contributed by atoms with E-state index in [0.717, 1.165) is 55.1 Å². The lowest BCUT2D eigenvalue weighted by atomic mass is 9.60. The van der Waals surface area contributed by atoms with Crippen LogP contribution in [0.5, 0.6) is 0 Å². The highest BCUT2D eigenvalue weighted by Gasteiger charge is 2.57. The van der Waals surface area contributed by atoms with Gasteiger partial charge in [-0.2, -0.15) is 0 Å². The van der Waals surface area contributed by atoms with Gasteiger partial charge in [-0.05, 0) is 158 Å². The minimum absolute atomic E-state index is 0.0566. The molecule has 57 heavy (non-hydrogen) atoms. The van der Waals surface area contributed by atoms with Gasteiger partial charge in [0.25, 0.3) is 0 Å². The highest BCUT2D eigenvalue weighted by molar-refractivity contribution is 5.86. The molecule has 0 bridgehead atoms. The summed E-state index contributed by atoms with van der Waals surface area (Å²) in [6.07, 6.45) is 45.5. The van der Waals surface area contributed by atoms with Crippen molar-refractivity contribution in [1.29, 1.82) is 0 Å². The maximum Gasteiger partial charge on any atom is 0.142 e. The first-order chi connectivity index (χ1) is 28.1. The van der Waals surface area contributed by atoms with Gasteiger partial charge < -0.3 is 4.74 Å². The van der Waals surface area contributed by atoms with Crippen LogP contribution in [-0.4, -0.2) is 69.8 Å². The number of carbonyl (C=O) groups excluding carboxylic acids is 2. The lowest BCUT2D eigenvalue weighted by molar-refractivity contribution is -0.194. The molecule has 8 saturated carbocycles. The molecular formula is C52H84N2O3. The van der Waals surface area contributed by atoms with Gasteiger partial charge >= 0.3 is 0 Å². The van der Waals surface area contributed by atoms with Gasteiger partial charge in [-0.25, -0.2) is 0 Å². The molecular weight excluding hydrogens is 701 g/mol. The van der Waals surface area contributed by atoms with Crippen molar-refractivity contribution in [1.82, 2.24) is 9.80 Å². The second kappa shape index (κ2) is 18.3. The molecule has 0 amide bonds. The highest BCUT2D eigenvalue weighted by atomic mass is 16.5. The van der Waals surface area contributed by atoms with E-state index in [1.54, 1.807) is 0 Å². The van der Waals surface area contributed by atoms with Crippen molar-refractivity contribution in [3.05, 3.63) is 0 Å². The average molecular weight is 785 g/mol. The third-order valence-electron chi connectivity index (χ3n) is 19.8. The van der Waals surface area contributed by atoms with E-state index in [4.69, 9.17) is 4.74 Å². The van der Waals surface area contributed by atoms with Crippen LogP contribution in [0.3, 0.4) is 0 Å². The third-order valence-corrected chi connectivity index (χ3v) is 19.8. The van der Waals surface area contributed by atoms with Crippen LogP contribution in [0, 0.1) is 47.3 Å². The minimum Gasteiger partial charge on any atom is -0.372 e. The maximum atomic E-state index is 14.5. The Morgan fingerprint density at radius 1 is 0.404 bits per heavy atom. The summed E-state index contributed by atoms with van der Waals surface area (Å²) in [5.74, 6) is 5.61. The summed E-state index contributed by atoms with van der Waals surface area (Å²) in [6.45, 7) is 0. The van der Waals surface area contributed by atoms with Gasteiger partial charge in [-0.15, -0.1) is 0 Å². The first-order valence-corrected chi connectivity index (χ1v) is 26.4. The molecule has 0 aromatic rings. The fourth-order valence-corrected chi connectivity index (χ4v) is 17.1. The van der Waals surface area contributed by atoms with E-state index in [-0.39, 0.29) is 30.0 Å². The van der Waals surface area contributed by atoms with E-state index in [2.05, 4.69) is 9.80 Å². The van der Waals surface area contributed by atoms with Gasteiger partial charge in [0.2, 0.25) is 0 Å². The second-order valence-electron chi connectivity index (χ2n) is 22.7. The molecule has 0 aromatic carbocycles. The van der Waals surface area contributed by atoms with Crippen LogP contribution < -0.4 is 0 Å². The summed E-state index contributed by atoms with van der Waals surface area (Å²) in [6, 6.07) is 3.74. The van der Waals surface area contributed by atoms with Gasteiger partial charge in [0.05, 0.1) is 12.2 Å². The summed E-state index contributed by atoms with van der Waals surface area (Å²) in [5, 5.41) is 0. The zero-order valence-corrected chi connectivity index (χ0v) is 36.4. The Morgan fingerprint density at radius 3 is 1.42 bits per heavy atom. The molecule has 2 saturated heterocycles. The monoisotopic (exact) mass is 785 g/mol. The molecule has 10 fully saturated rings. The lowest BCUT2D eigenvalue weighted by Crippen LogP contribution is -2.69. The van der Waals surface area contributed by atoms with E-state index < -0.39 is 0 Å². The van der Waals surface area contributed by atoms with E-state index in [1.807, 2.05) is 0 Å². The van der Waals surface area contributed by atoms with Crippen molar-refractivity contribution < 1.29 is 14.3 Å². The smallest absolute Gasteiger partial charge is 0.142 e. The molecule has 9 atom stereocenters. The Balaban J connectivity index is 0.830. The van der Waals surface area contributed by atoms with Crippen LogP contribution in [0.2, 0.25) is 0 Å². The van der Waals surface area contributed by atoms with E-state index >= 15 is 0 Å². The number of fused-ring (bicyclic) bond motifs is 3. The number of rotatable bonds is 7. The first-order valence-electron chi connectivity index (χ1n) is 26.4. The predicted octanol–water partition coefficient (Wildman–Crippen LogP) is 12.0. The zero-order valence-electron chi connectivity index (χ0n) is 36.4. The molecule has 5 nitrogen and oxygen atoms in total. The second-order valence-corrected chi connectivity index (χ2v) is 22.7. The van der Waals surface area contributed by atoms with Crippen LogP contribution in [0.1, 0.15) is 218 Å². The Kier molecular flexibility index (Phi) is 12.9. The number of likely N-dealkylation sites (tertiary alicyclic amines) is 1. The molecule has 5 heteroatoms. The summed E-state index contributed by atoms with van der Waals surface area (Å²) >= 11 is 0. The summed E-state index contributed by atoms with van der Waals surface area (Å²) < 4.78 is 7.44. The first kappa shape index (κ1) is 40.3. The lowest BCUT2D eigenvalue weighted by Gasteiger charge is -2.60. The van der Waals surface area contributed by atoms with Crippen molar-refractivity contribution in [2.75, 3.05) is 0 Å². The summed E-state index contributed by atoms with van der Waals surface area (Å²) in [4.78, 5) is 34.9. The van der Waals surface area contributed by atoms with Crippen LogP contribution >= 0.6 is 0 Å². The molecule has 0 spiro atoms. The number of hydrogen-bond donors (Lipinski definition) is 0. The van der Waals surface area contributed by atoms with Crippen molar-refractivity contribution in [2.45, 2.75) is 267 Å². The van der Waals surface area contributed by atoms with Crippen molar-refractivity contribution >= 4 is 11.6 Å². The molecule has 10 rings (SSSR count). The van der Waals surface area contributed by atoms with Gasteiger partial charge in [0.15, 0.2) is 0 Å². The fraction of sp³-hybridized carbons (Fsp3) is 0.962. The molecule has 9 unspecified atom stereocenters. The molecule has 0 aromatic heterocycles. The average Bonchev–Trinajstić information content (AvgIpc) is 3.28. The SMILES string of the molecule is O=C1CC(C2CCCCC2)OC2C1CC(C1CCC(C3CCC(N(C4CCCCC4)C4CCCCC4)CC3)CC1)CC2N1C2CCCCC2C(=O)C2CCCCC21. The van der Waals surface area contributed by atoms with Crippen molar-refractivity contribution in [2.24, 2.45) is 47.3 Å². The molecule has 8 aliphatic carbocycles. The normalized spacial score (nSPS) is 45.0. The number of carbonyl (C=O) groups is 2. The Labute approximate surface area is 348 Å². The molecule has 320 valence electrons. The number of ketones is 2. The Hall–Kier alpha value is -0.780. The van der Waals surface area contributed by atoms with Gasteiger partial charge in [-0.3, -0.25) is 19.4 Å². The molecule has 0 N–H and O–H groups in total. The van der Waals surface area contributed by atoms with Crippen LogP contribution in [0.25, 0.3) is 0 Å². The van der Waals surface area contributed by atoms with E-state index in [1.165, 1.54) is 193 Å². The van der Waals surface area contributed by atoms with Crippen LogP contribution in [0.15, 0.2) is 0 Å². The number of nitrogens with zero attached hydrogens (tertiary/aromatic N) is 2. The molecule has 0 radical (unpaired) electrons. The summed E-state index contributed by atoms with van der Waals surface area (Å²) in [5.41, 5.74) is 0. The molecule has 2 heterocycles. The number of Topliss-reactive ketones (excluding diaryl/α,β-unsaturated/α-hetero) is 2. The van der Waals surface area contributed by atoms with Crippen LogP contribution in [-0.2, 0) is 14.3 Å². The van der Waals surface area contributed by atoms with Gasteiger partial charge in [0.1, 0.15) is 11.6 Å². The quantitative estimate of drug-likeness (QED) is 0.257. The van der Waals surface area contributed by atoms with E-state index in [0.29, 0.717) is 47.9 Å². The standard InChI is InChI=1S/C52H84N2O3/c55-49-34-50(38-14-4-1-5-15-38)57-52-45(49)32-39(33-48(52)54-46-22-12-10-20-43(46)51(56)44-21-11-13-23-47(44)54)37-26-24-35(25-27-37)36-28-30-42(31-29-36)53(40-16-6-2-7-17-40)41-18-8-3-9-19-41/h35-48,50,52H,1-34H2. The van der Waals surface area contributed by atoms with E-state index in [9.17, 15) is 9.59 Å². The largest absolute Gasteiger partial charge is 0.372 e. The number of hydrogen-bond acceptors (Lipinski definition) is 5. The van der Waals surface area contributed by atoms with Crippen molar-refractivity contribution in [3.8, 4) is 0 Å². The van der Waals surface area contributed by atoms with Crippen molar-refractivity contribution in [3.63, 3.8) is 0 Å². The summed E-state index contributed by atoms with van der Waals surface area (Å²) in [7, 11) is 0. The maximum absolute atomic E-state index is 14.5. The predicted molar refractivity (Wildman–Crippen MR) is 230 cm³/mol. The number of piperidine rings is 1.